The van der Waals surface area contributed by atoms with Crippen molar-refractivity contribution < 1.29 is 9.21 Å². The van der Waals surface area contributed by atoms with E-state index in [-0.39, 0.29) is 11.9 Å². The number of furan rings is 1. The average molecular weight is 196 g/mol. The van der Waals surface area contributed by atoms with Crippen molar-refractivity contribution >= 4 is 5.91 Å². The van der Waals surface area contributed by atoms with Crippen molar-refractivity contribution in [2.45, 2.75) is 26.4 Å². The Hall–Kier alpha value is -1.29. The van der Waals surface area contributed by atoms with Crippen LogP contribution in [0.2, 0.25) is 0 Å². The number of amides is 1. The summed E-state index contributed by atoms with van der Waals surface area (Å²) in [6, 6.07) is 3.60. The number of carbonyl (C=O) groups excluding carboxylic acids is 1. The molecule has 0 fully saturated rings. The van der Waals surface area contributed by atoms with Crippen molar-refractivity contribution in [2.24, 2.45) is 0 Å². The molecule has 0 aliphatic carbocycles. The van der Waals surface area contributed by atoms with E-state index in [1.54, 1.807) is 7.05 Å². The summed E-state index contributed by atoms with van der Waals surface area (Å²) >= 11 is 0. The number of hydrogen-bond acceptors (Lipinski definition) is 3. The highest BCUT2D eigenvalue weighted by molar-refractivity contribution is 5.80. The van der Waals surface area contributed by atoms with Crippen molar-refractivity contribution in [3.63, 3.8) is 0 Å². The average Bonchev–Trinajstić information content (AvgIpc) is 2.59. The van der Waals surface area contributed by atoms with Gasteiger partial charge < -0.3 is 9.73 Å². The fraction of sp³-hybridized carbons (Fsp3) is 0.500. The quantitative estimate of drug-likeness (QED) is 0.749. The summed E-state index contributed by atoms with van der Waals surface area (Å²) in [6.07, 6.45) is 0. The van der Waals surface area contributed by atoms with E-state index in [0.29, 0.717) is 6.54 Å². The molecule has 4 nitrogen and oxygen atoms in total. The van der Waals surface area contributed by atoms with Crippen molar-refractivity contribution in [1.29, 1.82) is 0 Å². The van der Waals surface area contributed by atoms with Crippen LogP contribution < -0.4 is 10.6 Å². The first kappa shape index (κ1) is 10.8. The van der Waals surface area contributed by atoms with E-state index >= 15 is 0 Å². The lowest BCUT2D eigenvalue weighted by Gasteiger charge is -2.10. The van der Waals surface area contributed by atoms with E-state index in [1.165, 1.54) is 0 Å². The fourth-order valence-corrected chi connectivity index (χ4v) is 1.14. The summed E-state index contributed by atoms with van der Waals surface area (Å²) in [5, 5.41) is 5.63. The number of aryl methyl sites for hydroxylation is 1. The molecule has 0 aliphatic heterocycles. The van der Waals surface area contributed by atoms with Crippen molar-refractivity contribution in [2.75, 3.05) is 7.05 Å². The maximum atomic E-state index is 11.1. The fourth-order valence-electron chi connectivity index (χ4n) is 1.14. The van der Waals surface area contributed by atoms with E-state index in [4.69, 9.17) is 4.42 Å². The zero-order valence-corrected chi connectivity index (χ0v) is 8.76. The molecule has 1 atom stereocenters. The standard InChI is InChI=1S/C10H16N2O2/c1-7-4-5-9(14-7)6-12-8(2)10(13)11-3/h4-5,8,12H,6H2,1-3H3,(H,11,13). The molecule has 1 unspecified atom stereocenters. The second-order valence-electron chi connectivity index (χ2n) is 3.23. The third-order valence-electron chi connectivity index (χ3n) is 2.02. The molecule has 2 N–H and O–H groups in total. The smallest absolute Gasteiger partial charge is 0.236 e. The Kier molecular flexibility index (Phi) is 3.71. The first-order valence-corrected chi connectivity index (χ1v) is 4.63. The van der Waals surface area contributed by atoms with Gasteiger partial charge in [0.2, 0.25) is 5.91 Å². The molecule has 4 heteroatoms. The lowest BCUT2D eigenvalue weighted by Crippen LogP contribution is -2.40. The molecule has 0 aromatic carbocycles. The number of likely N-dealkylation sites (N-methyl/N-ethyl adjacent to an activating group) is 1. The van der Waals surface area contributed by atoms with Crippen molar-refractivity contribution in [3.05, 3.63) is 23.7 Å². The Bertz CT molecular complexity index is 307. The number of rotatable bonds is 4. The Morgan fingerprint density at radius 3 is 2.79 bits per heavy atom. The Labute approximate surface area is 83.7 Å². The van der Waals surface area contributed by atoms with Gasteiger partial charge in [-0.3, -0.25) is 10.1 Å². The van der Waals surface area contributed by atoms with Gasteiger partial charge in [-0.1, -0.05) is 0 Å². The topological polar surface area (TPSA) is 54.3 Å². The minimum absolute atomic E-state index is 0.0201. The SMILES string of the molecule is CNC(=O)C(C)NCc1ccc(C)o1. The molecule has 0 radical (unpaired) electrons. The number of hydrogen-bond donors (Lipinski definition) is 2. The third kappa shape index (κ3) is 2.88. The number of carbonyl (C=O) groups is 1. The summed E-state index contributed by atoms with van der Waals surface area (Å²) in [6.45, 7) is 4.28. The summed E-state index contributed by atoms with van der Waals surface area (Å²) < 4.78 is 5.35. The second-order valence-corrected chi connectivity index (χ2v) is 3.23. The van der Waals surface area contributed by atoms with Gasteiger partial charge in [0.1, 0.15) is 11.5 Å². The highest BCUT2D eigenvalue weighted by atomic mass is 16.3. The van der Waals surface area contributed by atoms with Crippen LogP contribution in [0.25, 0.3) is 0 Å². The van der Waals surface area contributed by atoms with Crippen LogP contribution in [0.3, 0.4) is 0 Å². The van der Waals surface area contributed by atoms with Crippen LogP contribution in [0.1, 0.15) is 18.4 Å². The summed E-state index contributed by atoms with van der Waals surface area (Å²) in [4.78, 5) is 11.1. The van der Waals surface area contributed by atoms with Crippen LogP contribution in [-0.2, 0) is 11.3 Å². The summed E-state index contributed by atoms with van der Waals surface area (Å²) in [5.41, 5.74) is 0. The lowest BCUT2D eigenvalue weighted by atomic mass is 10.3. The first-order valence-electron chi connectivity index (χ1n) is 4.63. The minimum Gasteiger partial charge on any atom is -0.465 e. The molecule has 1 aromatic heterocycles. The predicted octanol–water partition coefficient (Wildman–Crippen LogP) is 0.812. The van der Waals surface area contributed by atoms with Crippen LogP contribution >= 0.6 is 0 Å². The minimum atomic E-state index is -0.203. The summed E-state index contributed by atoms with van der Waals surface area (Å²) in [7, 11) is 1.62. The molecule has 1 rings (SSSR count). The highest BCUT2D eigenvalue weighted by Gasteiger charge is 2.10. The van der Waals surface area contributed by atoms with Crippen LogP contribution in [0.4, 0.5) is 0 Å². The molecule has 1 amide bonds. The molecule has 0 saturated heterocycles. The highest BCUT2D eigenvalue weighted by Crippen LogP contribution is 2.05. The second kappa shape index (κ2) is 4.81. The van der Waals surface area contributed by atoms with Gasteiger partial charge in [-0.25, -0.2) is 0 Å². The predicted molar refractivity (Wildman–Crippen MR) is 53.8 cm³/mol. The van der Waals surface area contributed by atoms with E-state index in [0.717, 1.165) is 11.5 Å². The van der Waals surface area contributed by atoms with Gasteiger partial charge in [0.25, 0.3) is 0 Å². The maximum Gasteiger partial charge on any atom is 0.236 e. The molecule has 0 bridgehead atoms. The Morgan fingerprint density at radius 1 is 1.57 bits per heavy atom. The van der Waals surface area contributed by atoms with Crippen LogP contribution in [-0.4, -0.2) is 19.0 Å². The lowest BCUT2D eigenvalue weighted by molar-refractivity contribution is -0.122. The van der Waals surface area contributed by atoms with Gasteiger partial charge >= 0.3 is 0 Å². The molecule has 0 aliphatic rings. The van der Waals surface area contributed by atoms with Crippen LogP contribution in [0.15, 0.2) is 16.5 Å². The molecule has 1 aromatic rings. The van der Waals surface area contributed by atoms with Crippen molar-refractivity contribution in [3.8, 4) is 0 Å². The molecule has 0 spiro atoms. The van der Waals surface area contributed by atoms with Gasteiger partial charge in [0.05, 0.1) is 12.6 Å². The molecule has 1 heterocycles. The van der Waals surface area contributed by atoms with E-state index < -0.39 is 0 Å². The Balaban J connectivity index is 2.37. The zero-order chi connectivity index (χ0) is 10.6. The third-order valence-corrected chi connectivity index (χ3v) is 2.02. The van der Waals surface area contributed by atoms with Gasteiger partial charge in [-0.15, -0.1) is 0 Å². The molecular weight excluding hydrogens is 180 g/mol. The molecule has 78 valence electrons. The first-order chi connectivity index (χ1) is 6.63. The van der Waals surface area contributed by atoms with E-state index in [9.17, 15) is 4.79 Å². The van der Waals surface area contributed by atoms with Gasteiger partial charge in [-0.05, 0) is 26.0 Å². The van der Waals surface area contributed by atoms with Gasteiger partial charge in [0, 0.05) is 7.05 Å². The van der Waals surface area contributed by atoms with E-state index in [1.807, 2.05) is 26.0 Å². The normalized spacial score (nSPS) is 12.5. The Morgan fingerprint density at radius 2 is 2.29 bits per heavy atom. The largest absolute Gasteiger partial charge is 0.465 e. The maximum absolute atomic E-state index is 11.1. The van der Waals surface area contributed by atoms with Crippen LogP contribution in [0, 0.1) is 6.92 Å². The van der Waals surface area contributed by atoms with Crippen LogP contribution in [0.5, 0.6) is 0 Å². The molecule has 14 heavy (non-hydrogen) atoms. The molecule has 0 saturated carbocycles. The monoisotopic (exact) mass is 196 g/mol. The summed E-state index contributed by atoms with van der Waals surface area (Å²) in [5.74, 6) is 1.71. The zero-order valence-electron chi connectivity index (χ0n) is 8.76. The van der Waals surface area contributed by atoms with Gasteiger partial charge in [-0.2, -0.15) is 0 Å². The van der Waals surface area contributed by atoms with E-state index in [2.05, 4.69) is 10.6 Å². The molecular formula is C10H16N2O2. The number of nitrogens with one attached hydrogen (secondary N) is 2. The van der Waals surface area contributed by atoms with Crippen molar-refractivity contribution in [1.82, 2.24) is 10.6 Å². The van der Waals surface area contributed by atoms with Gasteiger partial charge in [0.15, 0.2) is 0 Å².